The van der Waals surface area contributed by atoms with E-state index in [0.29, 0.717) is 22.9 Å². The molecule has 30 heavy (non-hydrogen) atoms. The Labute approximate surface area is 184 Å². The van der Waals surface area contributed by atoms with Crippen LogP contribution >= 0.6 is 23.4 Å². The quantitative estimate of drug-likeness (QED) is 0.584. The molecule has 2 heterocycles. The lowest BCUT2D eigenvalue weighted by Gasteiger charge is -2.12. The number of rotatable bonds is 7. The molecule has 2 aromatic carbocycles. The Bertz CT molecular complexity index is 1070. The van der Waals surface area contributed by atoms with Gasteiger partial charge in [-0.3, -0.25) is 9.59 Å². The molecule has 0 spiro atoms. The number of nitrogens with zero attached hydrogens (tertiary/aromatic N) is 2. The molecule has 8 heteroatoms. The lowest BCUT2D eigenvalue weighted by atomic mass is 10.1. The van der Waals surface area contributed by atoms with Crippen LogP contribution in [0.3, 0.4) is 0 Å². The monoisotopic (exact) mass is 440 g/mol. The van der Waals surface area contributed by atoms with Crippen molar-refractivity contribution in [2.24, 2.45) is 0 Å². The zero-order chi connectivity index (χ0) is 20.9. The van der Waals surface area contributed by atoms with Gasteiger partial charge in [0.05, 0.1) is 16.3 Å². The van der Waals surface area contributed by atoms with Gasteiger partial charge in [0.1, 0.15) is 12.4 Å². The highest BCUT2D eigenvalue weighted by Crippen LogP contribution is 2.35. The minimum Gasteiger partial charge on any atom is -0.354 e. The minimum absolute atomic E-state index is 0.0462. The van der Waals surface area contributed by atoms with Crippen molar-refractivity contribution in [2.45, 2.75) is 24.5 Å². The second-order valence-electron chi connectivity index (χ2n) is 6.94. The first-order valence-corrected chi connectivity index (χ1v) is 11.2. The number of carbonyl (C=O) groups excluding carboxylic acids is 2. The summed E-state index contributed by atoms with van der Waals surface area (Å²) in [7, 11) is 0. The second-order valence-corrected chi connectivity index (χ2v) is 8.34. The molecule has 0 aliphatic carbocycles. The summed E-state index contributed by atoms with van der Waals surface area (Å²) in [5.41, 5.74) is 3.43. The summed E-state index contributed by atoms with van der Waals surface area (Å²) in [6, 6.07) is 16.9. The van der Waals surface area contributed by atoms with Gasteiger partial charge in [-0.2, -0.15) is 16.9 Å². The lowest BCUT2D eigenvalue weighted by molar-refractivity contribution is -0.121. The van der Waals surface area contributed by atoms with Crippen LogP contribution in [0.2, 0.25) is 5.02 Å². The van der Waals surface area contributed by atoms with Crippen molar-refractivity contribution in [2.75, 3.05) is 11.9 Å². The highest BCUT2D eigenvalue weighted by atomic mass is 35.5. The maximum absolute atomic E-state index is 12.8. The number of hydrogen-bond donors (Lipinski definition) is 2. The normalized spacial score (nSPS) is 12.4. The second kappa shape index (κ2) is 9.36. The molecule has 1 aromatic heterocycles. The molecule has 2 amide bonds. The summed E-state index contributed by atoms with van der Waals surface area (Å²) in [5.74, 6) is 1.63. The Kier molecular flexibility index (Phi) is 6.40. The molecule has 0 atom stereocenters. The van der Waals surface area contributed by atoms with Gasteiger partial charge in [-0.15, -0.1) is 0 Å². The summed E-state index contributed by atoms with van der Waals surface area (Å²) in [6.45, 7) is 0.589. The number of nitrogens with one attached hydrogen (secondary N) is 2. The number of anilines is 1. The maximum Gasteiger partial charge on any atom is 0.258 e. The molecule has 4 rings (SSSR count). The number of hydrogen-bond acceptors (Lipinski definition) is 4. The van der Waals surface area contributed by atoms with Crippen molar-refractivity contribution in [1.29, 1.82) is 0 Å². The molecule has 3 aromatic rings. The molecule has 0 saturated carbocycles. The topological polar surface area (TPSA) is 76.0 Å². The smallest absolute Gasteiger partial charge is 0.258 e. The first-order valence-electron chi connectivity index (χ1n) is 9.64. The van der Waals surface area contributed by atoms with E-state index in [1.54, 1.807) is 40.7 Å². The minimum atomic E-state index is -0.314. The van der Waals surface area contributed by atoms with Gasteiger partial charge in [0.25, 0.3) is 5.91 Å². The number of fused-ring (bicyclic) bond motifs is 1. The van der Waals surface area contributed by atoms with Crippen LogP contribution in [0.25, 0.3) is 0 Å². The molecule has 0 bridgehead atoms. The van der Waals surface area contributed by atoms with E-state index in [0.717, 1.165) is 29.2 Å². The third kappa shape index (κ3) is 4.68. The van der Waals surface area contributed by atoms with Crippen molar-refractivity contribution >= 4 is 41.0 Å². The fraction of sp³-hybridized carbons (Fsp3) is 0.227. The highest BCUT2D eigenvalue weighted by molar-refractivity contribution is 7.98. The van der Waals surface area contributed by atoms with Gasteiger partial charge in [0.15, 0.2) is 0 Å². The molecular formula is C22H21ClN4O2S. The molecule has 0 saturated heterocycles. The highest BCUT2D eigenvalue weighted by Gasteiger charge is 2.25. The Hall–Kier alpha value is -2.77. The van der Waals surface area contributed by atoms with Crippen molar-refractivity contribution in [3.05, 3.63) is 82.0 Å². The lowest BCUT2D eigenvalue weighted by Crippen LogP contribution is -2.30. The SMILES string of the molecule is O=C(Cn1nc2c(c1NC(=O)c1ccccc1Cl)CSC2)NCCc1ccccc1. The Morgan fingerprint density at radius 1 is 1.07 bits per heavy atom. The average Bonchev–Trinajstić information content (AvgIpc) is 3.32. The van der Waals surface area contributed by atoms with Crippen LogP contribution in [0.4, 0.5) is 5.82 Å². The zero-order valence-electron chi connectivity index (χ0n) is 16.2. The van der Waals surface area contributed by atoms with Crippen LogP contribution in [0, 0.1) is 0 Å². The number of aromatic nitrogens is 2. The van der Waals surface area contributed by atoms with Gasteiger partial charge in [-0.05, 0) is 24.1 Å². The molecular weight excluding hydrogens is 420 g/mol. The van der Waals surface area contributed by atoms with E-state index in [2.05, 4.69) is 15.7 Å². The predicted octanol–water partition coefficient (Wildman–Crippen LogP) is 3.89. The molecule has 0 radical (unpaired) electrons. The summed E-state index contributed by atoms with van der Waals surface area (Å²) in [4.78, 5) is 25.2. The Morgan fingerprint density at radius 3 is 2.63 bits per heavy atom. The van der Waals surface area contributed by atoms with Crippen molar-refractivity contribution < 1.29 is 9.59 Å². The molecule has 1 aliphatic rings. The molecule has 6 nitrogen and oxygen atoms in total. The zero-order valence-corrected chi connectivity index (χ0v) is 17.8. The van der Waals surface area contributed by atoms with Gasteiger partial charge in [0, 0.05) is 23.6 Å². The van der Waals surface area contributed by atoms with E-state index < -0.39 is 0 Å². The van der Waals surface area contributed by atoms with E-state index in [4.69, 9.17) is 11.6 Å². The van der Waals surface area contributed by atoms with E-state index in [1.165, 1.54) is 5.56 Å². The number of benzene rings is 2. The van der Waals surface area contributed by atoms with Gasteiger partial charge < -0.3 is 10.6 Å². The third-order valence-corrected chi connectivity index (χ3v) is 6.14. The fourth-order valence-corrected chi connectivity index (χ4v) is 4.58. The van der Waals surface area contributed by atoms with Crippen LogP contribution in [0.15, 0.2) is 54.6 Å². The molecule has 2 N–H and O–H groups in total. The van der Waals surface area contributed by atoms with Crippen LogP contribution in [-0.2, 0) is 29.3 Å². The van der Waals surface area contributed by atoms with Gasteiger partial charge in [-0.25, -0.2) is 4.68 Å². The van der Waals surface area contributed by atoms with Gasteiger partial charge in [0.2, 0.25) is 5.91 Å². The van der Waals surface area contributed by atoms with E-state index in [9.17, 15) is 9.59 Å². The molecule has 0 unspecified atom stereocenters. The van der Waals surface area contributed by atoms with Gasteiger partial charge in [-0.1, -0.05) is 54.1 Å². The first-order chi connectivity index (χ1) is 14.6. The Morgan fingerprint density at radius 2 is 1.83 bits per heavy atom. The summed E-state index contributed by atoms with van der Waals surface area (Å²) < 4.78 is 1.58. The van der Waals surface area contributed by atoms with E-state index in [1.807, 2.05) is 30.3 Å². The van der Waals surface area contributed by atoms with Crippen LogP contribution in [-0.4, -0.2) is 28.1 Å². The molecule has 1 aliphatic heterocycles. The van der Waals surface area contributed by atoms with Gasteiger partial charge >= 0.3 is 0 Å². The summed E-state index contributed by atoms with van der Waals surface area (Å²) >= 11 is 7.89. The first kappa shape index (κ1) is 20.5. The standard InChI is InChI=1S/C22H21ClN4O2S/c23-18-9-5-4-8-16(18)22(29)25-21-17-13-30-14-19(17)26-27(21)12-20(28)24-11-10-15-6-2-1-3-7-15/h1-9H,10-14H2,(H,24,28)(H,25,29). The number of halogens is 1. The largest absolute Gasteiger partial charge is 0.354 e. The average molecular weight is 441 g/mol. The Balaban J connectivity index is 1.44. The maximum atomic E-state index is 12.8. The van der Waals surface area contributed by atoms with Crippen molar-refractivity contribution in [1.82, 2.24) is 15.1 Å². The summed E-state index contributed by atoms with van der Waals surface area (Å²) in [5, 5.41) is 10.8. The van der Waals surface area contributed by atoms with E-state index >= 15 is 0 Å². The molecule has 154 valence electrons. The van der Waals surface area contributed by atoms with Crippen LogP contribution in [0.5, 0.6) is 0 Å². The third-order valence-electron chi connectivity index (χ3n) is 4.84. The van der Waals surface area contributed by atoms with Crippen molar-refractivity contribution in [3.63, 3.8) is 0 Å². The van der Waals surface area contributed by atoms with Crippen molar-refractivity contribution in [3.8, 4) is 0 Å². The van der Waals surface area contributed by atoms with Crippen LogP contribution < -0.4 is 10.6 Å². The fourth-order valence-electron chi connectivity index (χ4n) is 3.32. The molecule has 0 fully saturated rings. The van der Waals surface area contributed by atoms with Crippen LogP contribution in [0.1, 0.15) is 27.2 Å². The number of thioether (sulfide) groups is 1. The summed E-state index contributed by atoms with van der Waals surface area (Å²) in [6.07, 6.45) is 0.759. The van der Waals surface area contributed by atoms with E-state index in [-0.39, 0.29) is 18.4 Å². The number of carbonyl (C=O) groups is 2. The number of amides is 2. The predicted molar refractivity (Wildman–Crippen MR) is 120 cm³/mol.